The fourth-order valence-corrected chi connectivity index (χ4v) is 4.66. The summed E-state index contributed by atoms with van der Waals surface area (Å²) in [5, 5.41) is 8.30. The zero-order chi connectivity index (χ0) is 18.1. The molecule has 2 atom stereocenters. The van der Waals surface area contributed by atoms with Crippen LogP contribution in [0.5, 0.6) is 0 Å². The molecule has 2 unspecified atom stereocenters. The summed E-state index contributed by atoms with van der Waals surface area (Å²) in [5.41, 5.74) is 2.12. The van der Waals surface area contributed by atoms with Crippen molar-refractivity contribution in [3.8, 4) is 5.69 Å². The topological polar surface area (TPSA) is 29.9 Å². The lowest BCUT2D eigenvalue weighted by Crippen LogP contribution is -2.32. The number of piperidine rings is 1. The predicted octanol–water partition coefficient (Wildman–Crippen LogP) is 3.97. The first-order valence-corrected chi connectivity index (χ1v) is 8.78. The fourth-order valence-electron chi connectivity index (χ4n) is 4.66. The zero-order valence-electron chi connectivity index (χ0n) is 14.3. The van der Waals surface area contributed by atoms with Gasteiger partial charge in [-0.3, -0.25) is 0 Å². The van der Waals surface area contributed by atoms with Crippen LogP contribution in [0, 0.1) is 18.7 Å². The third kappa shape index (κ3) is 1.91. The number of fused-ring (bicyclic) bond motifs is 2. The SMILES string of the molecule is Cc1cc2c(cnn2-c2ccc(F)cc2)cc1C12CCNCC1C2(F)F. The van der Waals surface area contributed by atoms with Crippen molar-refractivity contribution in [1.29, 1.82) is 0 Å². The number of hydrogen-bond donors (Lipinski definition) is 1. The van der Waals surface area contributed by atoms with Crippen LogP contribution >= 0.6 is 0 Å². The van der Waals surface area contributed by atoms with E-state index in [1.165, 1.54) is 12.1 Å². The van der Waals surface area contributed by atoms with E-state index in [1.807, 2.05) is 19.1 Å². The van der Waals surface area contributed by atoms with Crippen LogP contribution in [-0.4, -0.2) is 28.8 Å². The minimum atomic E-state index is -2.66. The molecule has 2 aromatic carbocycles. The van der Waals surface area contributed by atoms with E-state index in [0.29, 0.717) is 19.5 Å². The average Bonchev–Trinajstić information content (AvgIpc) is 2.92. The Balaban J connectivity index is 1.65. The Kier molecular flexibility index (Phi) is 3.11. The predicted molar refractivity (Wildman–Crippen MR) is 93.4 cm³/mol. The van der Waals surface area contributed by atoms with E-state index in [4.69, 9.17) is 0 Å². The number of nitrogens with one attached hydrogen (secondary N) is 1. The van der Waals surface area contributed by atoms with E-state index >= 15 is 0 Å². The molecule has 1 aromatic heterocycles. The number of hydrogen-bond acceptors (Lipinski definition) is 2. The standard InChI is InChI=1S/C20H18F3N3/c1-12-8-17-13(10-25-26(17)15-4-2-14(21)3-5-15)9-16(12)19-6-7-24-11-18(19)20(19,22)23/h2-5,8-10,18,24H,6-7,11H2,1H3. The molecule has 2 heterocycles. The van der Waals surface area contributed by atoms with Gasteiger partial charge in [0.15, 0.2) is 0 Å². The Hall–Kier alpha value is -2.34. The van der Waals surface area contributed by atoms with Gasteiger partial charge in [0.2, 0.25) is 0 Å². The van der Waals surface area contributed by atoms with Crippen molar-refractivity contribution >= 4 is 10.9 Å². The highest BCUT2D eigenvalue weighted by atomic mass is 19.3. The molecule has 0 bridgehead atoms. The molecule has 134 valence electrons. The van der Waals surface area contributed by atoms with Gasteiger partial charge in [0.1, 0.15) is 5.82 Å². The molecule has 1 N–H and O–H groups in total. The number of aryl methyl sites for hydroxylation is 1. The molecule has 3 nitrogen and oxygen atoms in total. The molecule has 0 radical (unpaired) electrons. The molecule has 26 heavy (non-hydrogen) atoms. The molecule has 1 aliphatic heterocycles. The van der Waals surface area contributed by atoms with Crippen LogP contribution < -0.4 is 5.32 Å². The third-order valence-corrected chi connectivity index (χ3v) is 6.05. The Morgan fingerprint density at radius 1 is 1.19 bits per heavy atom. The van der Waals surface area contributed by atoms with Crippen molar-refractivity contribution in [2.45, 2.75) is 24.7 Å². The van der Waals surface area contributed by atoms with Crippen LogP contribution in [-0.2, 0) is 5.41 Å². The lowest BCUT2D eigenvalue weighted by Gasteiger charge is -2.23. The van der Waals surface area contributed by atoms with Crippen LogP contribution in [0.25, 0.3) is 16.6 Å². The number of aromatic nitrogens is 2. The highest BCUT2D eigenvalue weighted by Crippen LogP contribution is 2.69. The molecule has 3 aromatic rings. The van der Waals surface area contributed by atoms with E-state index in [0.717, 1.165) is 27.7 Å². The van der Waals surface area contributed by atoms with Gasteiger partial charge in [-0.25, -0.2) is 17.9 Å². The molecule has 0 amide bonds. The van der Waals surface area contributed by atoms with E-state index in [1.54, 1.807) is 23.0 Å². The second-order valence-corrected chi connectivity index (χ2v) is 7.36. The molecule has 2 fully saturated rings. The van der Waals surface area contributed by atoms with Crippen LogP contribution in [0.4, 0.5) is 13.2 Å². The molecule has 6 heteroatoms. The Morgan fingerprint density at radius 2 is 1.96 bits per heavy atom. The third-order valence-electron chi connectivity index (χ3n) is 6.05. The van der Waals surface area contributed by atoms with Gasteiger partial charge >= 0.3 is 0 Å². The van der Waals surface area contributed by atoms with E-state index in [9.17, 15) is 13.2 Å². The molecular weight excluding hydrogens is 339 g/mol. The number of rotatable bonds is 2. The van der Waals surface area contributed by atoms with Crippen molar-refractivity contribution in [3.05, 3.63) is 59.5 Å². The number of nitrogens with zero attached hydrogens (tertiary/aromatic N) is 2. The fraction of sp³-hybridized carbons (Fsp3) is 0.350. The second-order valence-electron chi connectivity index (χ2n) is 7.36. The minimum Gasteiger partial charge on any atom is -0.316 e. The Bertz CT molecular complexity index is 1010. The van der Waals surface area contributed by atoms with Crippen LogP contribution in [0.2, 0.25) is 0 Å². The molecule has 5 rings (SSSR count). The van der Waals surface area contributed by atoms with Crippen LogP contribution in [0.1, 0.15) is 17.5 Å². The number of benzene rings is 2. The molecule has 2 aliphatic rings. The quantitative estimate of drug-likeness (QED) is 0.752. The zero-order valence-corrected chi connectivity index (χ0v) is 14.3. The van der Waals surface area contributed by atoms with Gasteiger partial charge in [-0.15, -0.1) is 0 Å². The summed E-state index contributed by atoms with van der Waals surface area (Å²) >= 11 is 0. The van der Waals surface area contributed by atoms with Crippen molar-refractivity contribution < 1.29 is 13.2 Å². The van der Waals surface area contributed by atoms with Crippen molar-refractivity contribution in [2.24, 2.45) is 5.92 Å². The van der Waals surface area contributed by atoms with Gasteiger partial charge in [-0.05, 0) is 67.4 Å². The van der Waals surface area contributed by atoms with E-state index in [2.05, 4.69) is 10.4 Å². The average molecular weight is 357 g/mol. The summed E-state index contributed by atoms with van der Waals surface area (Å²) < 4.78 is 44.2. The van der Waals surface area contributed by atoms with Gasteiger partial charge in [-0.1, -0.05) is 0 Å². The monoisotopic (exact) mass is 357 g/mol. The maximum Gasteiger partial charge on any atom is 0.263 e. The Labute approximate surface area is 148 Å². The van der Waals surface area contributed by atoms with Gasteiger partial charge in [-0.2, -0.15) is 5.10 Å². The number of halogens is 3. The molecule has 0 spiro atoms. The van der Waals surface area contributed by atoms with Crippen LogP contribution in [0.15, 0.2) is 42.6 Å². The lowest BCUT2D eigenvalue weighted by molar-refractivity contribution is 0.0780. The molecular formula is C20H18F3N3. The summed E-state index contributed by atoms with van der Waals surface area (Å²) in [6.07, 6.45) is 2.14. The summed E-state index contributed by atoms with van der Waals surface area (Å²) in [4.78, 5) is 0. The van der Waals surface area contributed by atoms with Gasteiger partial charge < -0.3 is 5.32 Å². The van der Waals surface area contributed by atoms with E-state index in [-0.39, 0.29) is 5.82 Å². The highest BCUT2D eigenvalue weighted by Gasteiger charge is 2.81. The summed E-state index contributed by atoms with van der Waals surface area (Å²) in [6.45, 7) is 2.86. The first kappa shape index (κ1) is 15.9. The largest absolute Gasteiger partial charge is 0.316 e. The molecule has 1 saturated carbocycles. The smallest absolute Gasteiger partial charge is 0.263 e. The van der Waals surface area contributed by atoms with E-state index < -0.39 is 17.3 Å². The second kappa shape index (κ2) is 5.10. The molecule has 1 saturated heterocycles. The number of alkyl halides is 2. The minimum absolute atomic E-state index is 0.310. The summed E-state index contributed by atoms with van der Waals surface area (Å²) in [6, 6.07) is 9.87. The van der Waals surface area contributed by atoms with Crippen molar-refractivity contribution in [3.63, 3.8) is 0 Å². The van der Waals surface area contributed by atoms with Gasteiger partial charge in [0.25, 0.3) is 5.92 Å². The summed E-state index contributed by atoms with van der Waals surface area (Å²) in [5.74, 6) is -3.61. The maximum atomic E-state index is 14.6. The first-order chi connectivity index (χ1) is 12.4. The van der Waals surface area contributed by atoms with Crippen molar-refractivity contribution in [2.75, 3.05) is 13.1 Å². The van der Waals surface area contributed by atoms with Gasteiger partial charge in [0, 0.05) is 11.9 Å². The van der Waals surface area contributed by atoms with Gasteiger partial charge in [0.05, 0.1) is 28.7 Å². The van der Waals surface area contributed by atoms with Crippen molar-refractivity contribution in [1.82, 2.24) is 15.1 Å². The van der Waals surface area contributed by atoms with Crippen LogP contribution in [0.3, 0.4) is 0 Å². The highest BCUT2D eigenvalue weighted by molar-refractivity contribution is 5.83. The molecule has 1 aliphatic carbocycles. The first-order valence-electron chi connectivity index (χ1n) is 8.78. The lowest BCUT2D eigenvalue weighted by atomic mass is 9.84. The Morgan fingerprint density at radius 3 is 2.69 bits per heavy atom. The maximum absolute atomic E-state index is 14.6. The normalized spacial score (nSPS) is 26.7. The summed E-state index contributed by atoms with van der Waals surface area (Å²) in [7, 11) is 0.